The van der Waals surface area contributed by atoms with Crippen molar-refractivity contribution in [1.82, 2.24) is 0 Å². The number of ether oxygens (including phenoxy) is 2. The van der Waals surface area contributed by atoms with Gasteiger partial charge in [-0.25, -0.2) is 8.42 Å². The number of hydrogen-bond acceptors (Lipinski definition) is 5. The van der Waals surface area contributed by atoms with Gasteiger partial charge in [-0.3, -0.25) is 4.72 Å². The Balaban J connectivity index is 2.37. The zero-order chi connectivity index (χ0) is 14.8. The first-order valence-electron chi connectivity index (χ1n) is 5.45. The van der Waals surface area contributed by atoms with Gasteiger partial charge in [0.05, 0.1) is 19.9 Å². The average Bonchev–Trinajstić information content (AvgIpc) is 2.84. The molecule has 0 aliphatic rings. The molecule has 0 aliphatic heterocycles. The largest absolute Gasteiger partial charge is 0.497 e. The van der Waals surface area contributed by atoms with Crippen LogP contribution in [0.5, 0.6) is 11.5 Å². The molecular formula is C12H12BrNO4S2. The number of thiophene rings is 1. The topological polar surface area (TPSA) is 64.6 Å². The number of methoxy groups -OCH3 is 2. The number of halogens is 1. The molecule has 1 N–H and O–H groups in total. The predicted molar refractivity (Wildman–Crippen MR) is 82.4 cm³/mol. The monoisotopic (exact) mass is 377 g/mol. The quantitative estimate of drug-likeness (QED) is 0.867. The summed E-state index contributed by atoms with van der Waals surface area (Å²) in [7, 11) is -0.634. The Hall–Kier alpha value is -1.25. The molecule has 0 fully saturated rings. The fourth-order valence-corrected chi connectivity index (χ4v) is 4.92. The van der Waals surface area contributed by atoms with Gasteiger partial charge in [-0.05, 0) is 27.4 Å². The first kappa shape index (κ1) is 15.1. The van der Waals surface area contributed by atoms with Crippen LogP contribution in [0.2, 0.25) is 0 Å². The molecule has 0 unspecified atom stereocenters. The lowest BCUT2D eigenvalue weighted by atomic mass is 10.3. The summed E-state index contributed by atoms with van der Waals surface area (Å²) in [6.45, 7) is 0. The number of benzene rings is 1. The van der Waals surface area contributed by atoms with E-state index in [2.05, 4.69) is 20.7 Å². The van der Waals surface area contributed by atoms with E-state index in [1.54, 1.807) is 29.6 Å². The van der Waals surface area contributed by atoms with Gasteiger partial charge in [-0.2, -0.15) is 0 Å². The van der Waals surface area contributed by atoms with Gasteiger partial charge in [0.25, 0.3) is 10.0 Å². The molecular weight excluding hydrogens is 366 g/mol. The molecule has 0 atom stereocenters. The van der Waals surface area contributed by atoms with Crippen molar-refractivity contribution in [3.63, 3.8) is 0 Å². The second-order valence-corrected chi connectivity index (χ2v) is 7.41. The van der Waals surface area contributed by atoms with Crippen molar-refractivity contribution in [2.24, 2.45) is 0 Å². The van der Waals surface area contributed by atoms with E-state index in [0.717, 1.165) is 11.3 Å². The molecule has 0 radical (unpaired) electrons. The van der Waals surface area contributed by atoms with Crippen molar-refractivity contribution < 1.29 is 17.9 Å². The summed E-state index contributed by atoms with van der Waals surface area (Å²) in [5.74, 6) is 1.01. The van der Waals surface area contributed by atoms with Crippen molar-refractivity contribution in [3.8, 4) is 11.5 Å². The number of sulfonamides is 1. The van der Waals surface area contributed by atoms with Crippen LogP contribution in [-0.2, 0) is 10.0 Å². The van der Waals surface area contributed by atoms with Crippen molar-refractivity contribution in [2.75, 3.05) is 18.9 Å². The van der Waals surface area contributed by atoms with Gasteiger partial charge in [-0.15, -0.1) is 11.3 Å². The van der Waals surface area contributed by atoms with E-state index in [0.29, 0.717) is 21.7 Å². The van der Waals surface area contributed by atoms with E-state index >= 15 is 0 Å². The molecule has 0 saturated carbocycles. The van der Waals surface area contributed by atoms with Crippen LogP contribution in [-0.4, -0.2) is 22.6 Å². The van der Waals surface area contributed by atoms with Crippen LogP contribution in [0.3, 0.4) is 0 Å². The molecule has 1 aromatic carbocycles. The summed E-state index contributed by atoms with van der Waals surface area (Å²) in [6, 6.07) is 6.52. The molecule has 2 aromatic rings. The smallest absolute Gasteiger partial charge is 0.272 e. The summed E-state index contributed by atoms with van der Waals surface area (Å²) in [5, 5.41) is 1.70. The molecule has 1 heterocycles. The van der Waals surface area contributed by atoms with Gasteiger partial charge in [0.15, 0.2) is 4.21 Å². The third kappa shape index (κ3) is 3.25. The molecule has 20 heavy (non-hydrogen) atoms. The van der Waals surface area contributed by atoms with E-state index in [9.17, 15) is 8.42 Å². The highest BCUT2D eigenvalue weighted by Gasteiger charge is 2.19. The lowest BCUT2D eigenvalue weighted by Crippen LogP contribution is -2.12. The number of hydrogen-bond donors (Lipinski definition) is 1. The van der Waals surface area contributed by atoms with E-state index in [1.807, 2.05) is 0 Å². The lowest BCUT2D eigenvalue weighted by molar-refractivity contribution is 0.395. The molecule has 108 valence electrons. The Morgan fingerprint density at radius 3 is 2.20 bits per heavy atom. The van der Waals surface area contributed by atoms with Crippen LogP contribution in [0.15, 0.2) is 38.3 Å². The van der Waals surface area contributed by atoms with E-state index in [-0.39, 0.29) is 4.21 Å². The number of rotatable bonds is 5. The maximum atomic E-state index is 12.3. The highest BCUT2D eigenvalue weighted by atomic mass is 79.9. The second kappa shape index (κ2) is 6.02. The van der Waals surface area contributed by atoms with Gasteiger partial charge in [-0.1, -0.05) is 0 Å². The van der Waals surface area contributed by atoms with E-state index in [4.69, 9.17) is 9.47 Å². The Labute approximate surface area is 129 Å². The van der Waals surface area contributed by atoms with Crippen molar-refractivity contribution in [1.29, 1.82) is 0 Å². The maximum absolute atomic E-state index is 12.3. The van der Waals surface area contributed by atoms with Crippen LogP contribution in [0.4, 0.5) is 5.69 Å². The molecule has 5 nitrogen and oxygen atoms in total. The van der Waals surface area contributed by atoms with Gasteiger partial charge >= 0.3 is 0 Å². The highest BCUT2D eigenvalue weighted by Crippen LogP contribution is 2.31. The molecule has 0 saturated heterocycles. The standard InChI is InChI=1S/C12H12BrNO4S2/c1-17-9-5-8(6-10(7-9)18-2)14-20(15,16)12-11(13)3-4-19-12/h3-7,14H,1-2H3. The molecule has 0 bridgehead atoms. The predicted octanol–water partition coefficient (Wildman–Crippen LogP) is 3.33. The Morgan fingerprint density at radius 1 is 1.15 bits per heavy atom. The molecule has 2 rings (SSSR count). The Kier molecular flexibility index (Phi) is 4.56. The van der Waals surface area contributed by atoms with Crippen LogP contribution in [0.25, 0.3) is 0 Å². The number of nitrogens with one attached hydrogen (secondary N) is 1. The normalized spacial score (nSPS) is 11.2. The molecule has 0 amide bonds. The lowest BCUT2D eigenvalue weighted by Gasteiger charge is -2.10. The van der Waals surface area contributed by atoms with Gasteiger partial charge in [0.1, 0.15) is 11.5 Å². The minimum Gasteiger partial charge on any atom is -0.497 e. The van der Waals surface area contributed by atoms with Crippen molar-refractivity contribution in [2.45, 2.75) is 4.21 Å². The Bertz CT molecular complexity index is 690. The third-order valence-electron chi connectivity index (χ3n) is 2.43. The van der Waals surface area contributed by atoms with E-state index < -0.39 is 10.0 Å². The van der Waals surface area contributed by atoms with E-state index in [1.165, 1.54) is 14.2 Å². The van der Waals surface area contributed by atoms with Gasteiger partial charge < -0.3 is 9.47 Å². The van der Waals surface area contributed by atoms with Gasteiger partial charge in [0.2, 0.25) is 0 Å². The highest BCUT2D eigenvalue weighted by molar-refractivity contribution is 9.10. The van der Waals surface area contributed by atoms with Crippen molar-refractivity contribution >= 4 is 43.0 Å². The zero-order valence-corrected chi connectivity index (χ0v) is 13.9. The Morgan fingerprint density at radius 2 is 1.75 bits per heavy atom. The SMILES string of the molecule is COc1cc(NS(=O)(=O)c2sccc2Br)cc(OC)c1. The van der Waals surface area contributed by atoms with Crippen molar-refractivity contribution in [3.05, 3.63) is 34.1 Å². The molecule has 8 heteroatoms. The van der Waals surface area contributed by atoms with Gasteiger partial charge in [0, 0.05) is 22.7 Å². The second-order valence-electron chi connectivity index (χ2n) is 3.76. The number of anilines is 1. The average molecular weight is 378 g/mol. The minimum atomic E-state index is -3.64. The van der Waals surface area contributed by atoms with Crippen LogP contribution >= 0.6 is 27.3 Å². The summed E-state index contributed by atoms with van der Waals surface area (Å²) < 4.78 is 38.0. The fraction of sp³-hybridized carbons (Fsp3) is 0.167. The summed E-state index contributed by atoms with van der Waals surface area (Å²) in [4.78, 5) is 0. The zero-order valence-electron chi connectivity index (χ0n) is 10.7. The van der Waals surface area contributed by atoms with Crippen LogP contribution in [0.1, 0.15) is 0 Å². The summed E-state index contributed by atoms with van der Waals surface area (Å²) >= 11 is 4.35. The minimum absolute atomic E-state index is 0.222. The third-order valence-corrected chi connectivity index (χ3v) is 6.48. The molecule has 1 aromatic heterocycles. The fourth-order valence-electron chi connectivity index (χ4n) is 1.54. The summed E-state index contributed by atoms with van der Waals surface area (Å²) in [5.41, 5.74) is 0.376. The molecule has 0 spiro atoms. The first-order chi connectivity index (χ1) is 9.46. The van der Waals surface area contributed by atoms with Crippen LogP contribution in [0, 0.1) is 0 Å². The first-order valence-corrected chi connectivity index (χ1v) is 8.61. The maximum Gasteiger partial charge on any atom is 0.272 e. The van der Waals surface area contributed by atoms with Crippen LogP contribution < -0.4 is 14.2 Å². The molecule has 0 aliphatic carbocycles. The summed E-state index contributed by atoms with van der Waals surface area (Å²) in [6.07, 6.45) is 0.